The van der Waals surface area contributed by atoms with Crippen LogP contribution in [0.15, 0.2) is 4.52 Å². The lowest BCUT2D eigenvalue weighted by molar-refractivity contribution is -0.0627. The average molecular weight is 321 g/mol. The van der Waals surface area contributed by atoms with Crippen LogP contribution in [0.4, 0.5) is 0 Å². The van der Waals surface area contributed by atoms with Gasteiger partial charge in [-0.25, -0.2) is 0 Å². The normalized spacial score (nSPS) is 26.5. The molecular weight excluding hydrogens is 290 g/mol. The van der Waals surface area contributed by atoms with E-state index in [0.717, 1.165) is 37.6 Å². The van der Waals surface area contributed by atoms with Crippen molar-refractivity contribution in [1.29, 1.82) is 0 Å². The predicted octanol–water partition coefficient (Wildman–Crippen LogP) is 3.41. The van der Waals surface area contributed by atoms with Gasteiger partial charge in [-0.05, 0) is 71.5 Å². The molecule has 0 radical (unpaired) electrons. The molecule has 1 unspecified atom stereocenters. The van der Waals surface area contributed by atoms with E-state index in [1.165, 1.54) is 38.9 Å². The van der Waals surface area contributed by atoms with Crippen LogP contribution in [0.3, 0.4) is 0 Å². The van der Waals surface area contributed by atoms with Crippen LogP contribution in [-0.4, -0.2) is 46.9 Å². The summed E-state index contributed by atoms with van der Waals surface area (Å²) in [7, 11) is 0. The van der Waals surface area contributed by atoms with E-state index < -0.39 is 0 Å². The second kappa shape index (κ2) is 7.31. The molecule has 0 bridgehead atoms. The Bertz CT molecular complexity index is 492. The van der Waals surface area contributed by atoms with Crippen molar-refractivity contribution in [3.05, 3.63) is 11.7 Å². The summed E-state index contributed by atoms with van der Waals surface area (Å²) in [6.45, 7) is 11.0. The zero-order valence-electron chi connectivity index (χ0n) is 14.9. The maximum atomic E-state index is 5.78. The number of likely N-dealkylation sites (tertiary alicyclic amines) is 1. The highest BCUT2D eigenvalue weighted by molar-refractivity contribution is 4.99. The fourth-order valence-electron chi connectivity index (χ4n) is 3.95. The minimum Gasteiger partial charge on any atom is -0.376 e. The summed E-state index contributed by atoms with van der Waals surface area (Å²) in [5, 5.41) is 4.25. The summed E-state index contributed by atoms with van der Waals surface area (Å²) in [6, 6.07) is 0. The van der Waals surface area contributed by atoms with Gasteiger partial charge in [0.2, 0.25) is 5.89 Å². The van der Waals surface area contributed by atoms with Gasteiger partial charge in [0.05, 0.1) is 5.60 Å². The molecule has 1 atom stereocenters. The Hall–Kier alpha value is -0.940. The maximum Gasteiger partial charge on any atom is 0.229 e. The lowest BCUT2D eigenvalue weighted by Gasteiger charge is -2.33. The average Bonchev–Trinajstić information content (AvgIpc) is 2.97. The van der Waals surface area contributed by atoms with Gasteiger partial charge < -0.3 is 14.2 Å². The first-order valence-electron chi connectivity index (χ1n) is 9.24. The van der Waals surface area contributed by atoms with Crippen LogP contribution >= 0.6 is 0 Å². The molecule has 1 aromatic rings. The van der Waals surface area contributed by atoms with Gasteiger partial charge in [0.25, 0.3) is 0 Å². The standard InChI is InChI=1S/C18H31N3O2/c1-4-8-21-9-5-14(6-10-21)12-16-19-17(23-20-16)15-7-11-22-18(2,3)13-15/h14-15H,4-13H2,1-3H3. The number of hydrogen-bond donors (Lipinski definition) is 0. The van der Waals surface area contributed by atoms with Crippen molar-refractivity contribution in [2.45, 2.75) is 70.8 Å². The highest BCUT2D eigenvalue weighted by Gasteiger charge is 2.33. The monoisotopic (exact) mass is 321 g/mol. The fourth-order valence-corrected chi connectivity index (χ4v) is 3.95. The van der Waals surface area contributed by atoms with Crippen LogP contribution in [0.1, 0.15) is 70.5 Å². The molecule has 0 saturated carbocycles. The van der Waals surface area contributed by atoms with Crippen LogP contribution < -0.4 is 0 Å². The van der Waals surface area contributed by atoms with Crippen LogP contribution in [0.5, 0.6) is 0 Å². The Morgan fingerprint density at radius 2 is 2.00 bits per heavy atom. The molecule has 0 N–H and O–H groups in total. The van der Waals surface area contributed by atoms with Gasteiger partial charge in [-0.3, -0.25) is 0 Å². The van der Waals surface area contributed by atoms with Gasteiger partial charge in [-0.2, -0.15) is 4.98 Å². The largest absolute Gasteiger partial charge is 0.376 e. The molecular formula is C18H31N3O2. The molecule has 1 aromatic heterocycles. The summed E-state index contributed by atoms with van der Waals surface area (Å²) < 4.78 is 11.4. The lowest BCUT2D eigenvalue weighted by Crippen LogP contribution is -2.34. The van der Waals surface area contributed by atoms with E-state index in [1.54, 1.807) is 0 Å². The Morgan fingerprint density at radius 3 is 2.70 bits per heavy atom. The molecule has 5 heteroatoms. The quantitative estimate of drug-likeness (QED) is 0.832. The van der Waals surface area contributed by atoms with Crippen molar-refractivity contribution in [3.63, 3.8) is 0 Å². The first-order chi connectivity index (χ1) is 11.1. The molecule has 0 aliphatic carbocycles. The molecule has 2 fully saturated rings. The van der Waals surface area contributed by atoms with Gasteiger partial charge >= 0.3 is 0 Å². The smallest absolute Gasteiger partial charge is 0.229 e. The molecule has 0 aromatic carbocycles. The molecule has 3 heterocycles. The first-order valence-corrected chi connectivity index (χ1v) is 9.24. The number of nitrogens with zero attached hydrogens (tertiary/aromatic N) is 3. The van der Waals surface area contributed by atoms with Gasteiger partial charge in [-0.1, -0.05) is 12.1 Å². The van der Waals surface area contributed by atoms with E-state index in [0.29, 0.717) is 11.8 Å². The molecule has 0 spiro atoms. The Labute approximate surface area is 139 Å². The summed E-state index contributed by atoms with van der Waals surface area (Å²) in [4.78, 5) is 7.27. The molecule has 0 amide bonds. The zero-order valence-corrected chi connectivity index (χ0v) is 14.9. The third-order valence-electron chi connectivity index (χ3n) is 5.25. The van der Waals surface area contributed by atoms with Crippen molar-refractivity contribution in [3.8, 4) is 0 Å². The van der Waals surface area contributed by atoms with Crippen LogP contribution in [-0.2, 0) is 11.2 Å². The number of ether oxygens (including phenoxy) is 1. The Kier molecular flexibility index (Phi) is 5.37. The predicted molar refractivity (Wildman–Crippen MR) is 89.5 cm³/mol. The molecule has 5 nitrogen and oxygen atoms in total. The first kappa shape index (κ1) is 16.9. The van der Waals surface area contributed by atoms with Crippen LogP contribution in [0.2, 0.25) is 0 Å². The second-order valence-electron chi connectivity index (χ2n) is 7.84. The van der Waals surface area contributed by atoms with Crippen LogP contribution in [0.25, 0.3) is 0 Å². The molecule has 2 aliphatic heterocycles. The number of piperidine rings is 1. The van der Waals surface area contributed by atoms with Gasteiger partial charge in [0.15, 0.2) is 5.82 Å². The van der Waals surface area contributed by atoms with Gasteiger partial charge in [-0.15, -0.1) is 0 Å². The maximum absolute atomic E-state index is 5.78. The van der Waals surface area contributed by atoms with E-state index in [1.807, 2.05) is 0 Å². The lowest BCUT2D eigenvalue weighted by atomic mass is 9.88. The molecule has 23 heavy (non-hydrogen) atoms. The summed E-state index contributed by atoms with van der Waals surface area (Å²) in [5.74, 6) is 2.78. The Morgan fingerprint density at radius 1 is 1.22 bits per heavy atom. The minimum atomic E-state index is -0.0797. The van der Waals surface area contributed by atoms with Crippen LogP contribution in [0, 0.1) is 5.92 Å². The van der Waals surface area contributed by atoms with E-state index in [9.17, 15) is 0 Å². The van der Waals surface area contributed by atoms with Crippen molar-refractivity contribution < 1.29 is 9.26 Å². The minimum absolute atomic E-state index is 0.0797. The molecule has 2 aliphatic rings. The van der Waals surface area contributed by atoms with E-state index in [2.05, 4.69) is 30.8 Å². The van der Waals surface area contributed by atoms with E-state index in [-0.39, 0.29) is 5.60 Å². The van der Waals surface area contributed by atoms with Gasteiger partial charge in [0.1, 0.15) is 0 Å². The Balaban J connectivity index is 1.52. The highest BCUT2D eigenvalue weighted by atomic mass is 16.5. The number of aromatic nitrogens is 2. The zero-order chi connectivity index (χ0) is 16.3. The van der Waals surface area contributed by atoms with E-state index >= 15 is 0 Å². The molecule has 3 rings (SSSR count). The van der Waals surface area contributed by atoms with Gasteiger partial charge in [0, 0.05) is 18.9 Å². The van der Waals surface area contributed by atoms with Crippen molar-refractivity contribution >= 4 is 0 Å². The molecule has 130 valence electrons. The summed E-state index contributed by atoms with van der Waals surface area (Å²) in [5.41, 5.74) is -0.0797. The third-order valence-corrected chi connectivity index (χ3v) is 5.25. The van der Waals surface area contributed by atoms with Crippen molar-refractivity contribution in [2.75, 3.05) is 26.2 Å². The number of rotatable bonds is 5. The van der Waals surface area contributed by atoms with Crippen molar-refractivity contribution in [2.24, 2.45) is 5.92 Å². The molecule has 2 saturated heterocycles. The summed E-state index contributed by atoms with van der Waals surface area (Å²) in [6.07, 6.45) is 6.68. The number of hydrogen-bond acceptors (Lipinski definition) is 5. The van der Waals surface area contributed by atoms with E-state index in [4.69, 9.17) is 14.2 Å². The fraction of sp³-hybridized carbons (Fsp3) is 0.889. The SMILES string of the molecule is CCCN1CCC(Cc2noc(C3CCOC(C)(C)C3)n2)CC1. The second-order valence-corrected chi connectivity index (χ2v) is 7.84. The highest BCUT2D eigenvalue weighted by Crippen LogP contribution is 2.35. The van der Waals surface area contributed by atoms with Crippen molar-refractivity contribution in [1.82, 2.24) is 15.0 Å². The third kappa shape index (κ3) is 4.54. The topological polar surface area (TPSA) is 51.4 Å². The summed E-state index contributed by atoms with van der Waals surface area (Å²) >= 11 is 0.